The van der Waals surface area contributed by atoms with Gasteiger partial charge in [-0.3, -0.25) is 9.11 Å². The van der Waals surface area contributed by atoms with Crippen LogP contribution in [-0.4, -0.2) is 33.1 Å². The Labute approximate surface area is 207 Å². The smallest absolute Gasteiger partial charge is 0.496 e. The summed E-state index contributed by atoms with van der Waals surface area (Å²) in [4.78, 5) is -1.01. The number of ether oxygens (including phenoxy) is 1. The molecule has 2 aromatic carbocycles. The fraction of sp³-hybridized carbons (Fsp3) is 0.0667. The topological polar surface area (TPSA) is 170 Å². The molecule has 0 saturated carbocycles. The van der Waals surface area contributed by atoms with Crippen LogP contribution >= 0.6 is 0 Å². The van der Waals surface area contributed by atoms with Crippen LogP contribution in [0.1, 0.15) is 11.1 Å². The van der Waals surface area contributed by atoms with Gasteiger partial charge in [0.25, 0.3) is 20.2 Å². The Balaban J connectivity index is 0.00000364. The van der Waals surface area contributed by atoms with Gasteiger partial charge in [0.2, 0.25) is 0 Å². The number of nitrogen functional groups attached to an aromatic ring is 2. The van der Waals surface area contributed by atoms with Gasteiger partial charge in [-0.15, -0.1) is 0 Å². The van der Waals surface area contributed by atoms with Crippen molar-refractivity contribution in [2.45, 2.75) is 9.79 Å². The van der Waals surface area contributed by atoms with E-state index in [9.17, 15) is 25.9 Å². The van der Waals surface area contributed by atoms with Crippen molar-refractivity contribution in [3.8, 4) is 0 Å². The molecule has 2 aromatic rings. The van der Waals surface area contributed by atoms with Crippen molar-refractivity contribution in [3.63, 3.8) is 0 Å². The van der Waals surface area contributed by atoms with Gasteiger partial charge < -0.3 is 16.2 Å². The fourth-order valence-electron chi connectivity index (χ4n) is 2.24. The van der Waals surface area contributed by atoms with Gasteiger partial charge in [0.05, 0.1) is 7.11 Å². The van der Waals surface area contributed by atoms with Gasteiger partial charge in [0.15, 0.2) is 0 Å². The van der Waals surface area contributed by atoms with Gasteiger partial charge in [0.1, 0.15) is 15.6 Å². The van der Waals surface area contributed by atoms with Crippen molar-refractivity contribution in [2.75, 3.05) is 18.6 Å². The van der Waals surface area contributed by atoms with E-state index in [0.29, 0.717) is 0 Å². The summed E-state index contributed by atoms with van der Waals surface area (Å²) >= 11 is 0. The number of rotatable bonds is 5. The average Bonchev–Trinajstić information content (AvgIpc) is 2.52. The summed E-state index contributed by atoms with van der Waals surface area (Å²) < 4.78 is 70.3. The second-order valence-corrected chi connectivity index (χ2v) is 8.00. The monoisotopic (exact) mass is 446 g/mol. The molecular formula is C15H16N2Na2O7S2+2. The maximum Gasteiger partial charge on any atom is 1.00 e. The van der Waals surface area contributed by atoms with Crippen LogP contribution in [-0.2, 0) is 25.0 Å². The molecule has 9 nitrogen and oxygen atoms in total. The van der Waals surface area contributed by atoms with E-state index in [1.54, 1.807) is 0 Å². The molecule has 140 valence electrons. The molecule has 0 amide bonds. The van der Waals surface area contributed by atoms with Crippen LogP contribution in [0, 0.1) is 0 Å². The summed E-state index contributed by atoms with van der Waals surface area (Å²) in [7, 11) is -8.02. The van der Waals surface area contributed by atoms with Gasteiger partial charge in [-0.1, -0.05) is 6.07 Å². The quantitative estimate of drug-likeness (QED) is 0.116. The second-order valence-electron chi connectivity index (χ2n) is 5.22. The minimum atomic E-state index is -4.64. The van der Waals surface area contributed by atoms with Crippen LogP contribution in [0.25, 0.3) is 11.8 Å². The molecule has 0 heterocycles. The SMILES string of the molecule is CO/C(=C\c1ccc(N)cc1S(=O)(=O)O)c1ccc(N)cc1S(=O)(=O)O.[Na+].[Na+]. The molecule has 0 aliphatic rings. The van der Waals surface area contributed by atoms with E-state index >= 15 is 0 Å². The third kappa shape index (κ3) is 6.73. The molecule has 0 bridgehead atoms. The maximum absolute atomic E-state index is 11.6. The molecule has 13 heteroatoms. The number of anilines is 2. The predicted octanol–water partition coefficient (Wildman–Crippen LogP) is -4.50. The molecule has 0 atom stereocenters. The zero-order valence-corrected chi connectivity index (χ0v) is 21.1. The summed E-state index contributed by atoms with van der Waals surface area (Å²) in [5.41, 5.74) is 11.2. The van der Waals surface area contributed by atoms with E-state index in [1.807, 2.05) is 0 Å². The molecule has 2 rings (SSSR count). The van der Waals surface area contributed by atoms with E-state index in [1.165, 1.54) is 37.5 Å². The maximum atomic E-state index is 11.6. The number of nitrogens with two attached hydrogens (primary N) is 2. The molecule has 0 aliphatic carbocycles. The summed E-state index contributed by atoms with van der Waals surface area (Å²) in [5, 5.41) is 0. The normalized spacial score (nSPS) is 11.9. The molecule has 0 saturated heterocycles. The Morgan fingerprint density at radius 3 is 1.82 bits per heavy atom. The Hall–Kier alpha value is -0.600. The van der Waals surface area contributed by atoms with Crippen LogP contribution < -0.4 is 70.6 Å². The third-order valence-electron chi connectivity index (χ3n) is 3.37. The van der Waals surface area contributed by atoms with E-state index in [2.05, 4.69) is 0 Å². The molecule has 0 fully saturated rings. The van der Waals surface area contributed by atoms with Gasteiger partial charge in [-0.25, -0.2) is 0 Å². The first-order valence-electron chi connectivity index (χ1n) is 6.93. The molecule has 0 aromatic heterocycles. The van der Waals surface area contributed by atoms with Crippen molar-refractivity contribution in [1.29, 1.82) is 0 Å². The van der Waals surface area contributed by atoms with Crippen LogP contribution in [0.2, 0.25) is 0 Å². The fourth-order valence-corrected chi connectivity index (χ4v) is 3.68. The minimum Gasteiger partial charge on any atom is -0.496 e. The summed E-state index contributed by atoms with van der Waals surface area (Å²) in [5.74, 6) is -0.0905. The van der Waals surface area contributed by atoms with Crippen molar-refractivity contribution in [2.24, 2.45) is 0 Å². The van der Waals surface area contributed by atoms with Crippen LogP contribution in [0.4, 0.5) is 11.4 Å². The first kappa shape index (κ1) is 27.4. The van der Waals surface area contributed by atoms with Crippen LogP contribution in [0.3, 0.4) is 0 Å². The van der Waals surface area contributed by atoms with Crippen molar-refractivity contribution in [1.82, 2.24) is 0 Å². The Morgan fingerprint density at radius 1 is 0.893 bits per heavy atom. The number of methoxy groups -OCH3 is 1. The van der Waals surface area contributed by atoms with Crippen molar-refractivity contribution >= 4 is 43.4 Å². The summed E-state index contributed by atoms with van der Waals surface area (Å²) in [6, 6.07) is 7.44. The van der Waals surface area contributed by atoms with Crippen LogP contribution in [0.15, 0.2) is 46.2 Å². The van der Waals surface area contributed by atoms with Crippen molar-refractivity contribution in [3.05, 3.63) is 47.5 Å². The minimum absolute atomic E-state index is 0. The van der Waals surface area contributed by atoms with E-state index in [0.717, 1.165) is 12.1 Å². The first-order valence-corrected chi connectivity index (χ1v) is 9.81. The average molecular weight is 446 g/mol. The van der Waals surface area contributed by atoms with Gasteiger partial charge >= 0.3 is 59.1 Å². The molecule has 28 heavy (non-hydrogen) atoms. The summed E-state index contributed by atoms with van der Waals surface area (Å²) in [6.07, 6.45) is 1.18. The molecule has 6 N–H and O–H groups in total. The number of hydrogen-bond acceptors (Lipinski definition) is 7. The first-order chi connectivity index (χ1) is 11.9. The number of hydrogen-bond donors (Lipinski definition) is 4. The van der Waals surface area contributed by atoms with Gasteiger partial charge in [0, 0.05) is 16.9 Å². The molecular weight excluding hydrogens is 430 g/mol. The Kier molecular flexibility index (Phi) is 10.2. The zero-order chi connectivity index (χ0) is 19.7. The van der Waals surface area contributed by atoms with E-state index in [-0.39, 0.29) is 87.4 Å². The van der Waals surface area contributed by atoms with E-state index in [4.69, 9.17) is 16.2 Å². The second kappa shape index (κ2) is 10.4. The zero-order valence-electron chi connectivity index (χ0n) is 15.4. The van der Waals surface area contributed by atoms with Gasteiger partial charge in [-0.05, 0) is 42.0 Å². The molecule has 0 aliphatic heterocycles. The van der Waals surface area contributed by atoms with E-state index < -0.39 is 30.0 Å². The number of benzene rings is 2. The Bertz CT molecular complexity index is 1100. The molecule has 0 spiro atoms. The Morgan fingerprint density at radius 2 is 1.36 bits per heavy atom. The molecule has 0 unspecified atom stereocenters. The van der Waals surface area contributed by atoms with Crippen molar-refractivity contribution < 1.29 is 89.8 Å². The predicted molar refractivity (Wildman–Crippen MR) is 96.2 cm³/mol. The van der Waals surface area contributed by atoms with Gasteiger partial charge in [-0.2, -0.15) is 16.8 Å². The molecule has 0 radical (unpaired) electrons. The largest absolute Gasteiger partial charge is 1.00 e. The third-order valence-corrected chi connectivity index (χ3v) is 5.17. The summed E-state index contributed by atoms with van der Waals surface area (Å²) in [6.45, 7) is 0. The standard InChI is InChI=1S/C15H16N2O7S2.2Na/c1-24-13(12-5-4-11(17)8-15(12)26(21,22)23)6-9-2-3-10(16)7-14(9)25(18,19)20;;/h2-8H,16-17H2,1H3,(H,18,19,20)(H,21,22,23);;/q;2*+1/b13-6-;;. The van der Waals surface area contributed by atoms with Crippen LogP contribution in [0.5, 0.6) is 0 Å².